The molecule has 0 amide bonds. The highest BCUT2D eigenvalue weighted by atomic mass is 16.3. The molecule has 1 aliphatic rings. The van der Waals surface area contributed by atoms with Crippen LogP contribution in [-0.4, -0.2) is 21.8 Å². The fourth-order valence-electron chi connectivity index (χ4n) is 4.04. The lowest BCUT2D eigenvalue weighted by molar-refractivity contribution is -0.129. The third kappa shape index (κ3) is 8.83. The Kier molecular flexibility index (Phi) is 12.2. The smallest absolute Gasteiger partial charge is 0.184 e. The van der Waals surface area contributed by atoms with Crippen LogP contribution in [0.3, 0.4) is 0 Å². The molecule has 1 unspecified atom stereocenters. The first-order valence-corrected chi connectivity index (χ1v) is 12.9. The molecular formula is C31H46O4. The number of aliphatic hydroxyl groups is 2. The number of allylic oxidation sites excluding steroid dienone is 11. The lowest BCUT2D eigenvalue weighted by Gasteiger charge is -2.34. The summed E-state index contributed by atoms with van der Waals surface area (Å²) in [6.07, 6.45) is 14.2. The summed E-state index contributed by atoms with van der Waals surface area (Å²) in [5.74, 6) is -1.84. The second kappa shape index (κ2) is 14.1. The van der Waals surface area contributed by atoms with Gasteiger partial charge in [0, 0.05) is 12.0 Å². The van der Waals surface area contributed by atoms with Crippen molar-refractivity contribution in [3.63, 3.8) is 0 Å². The normalized spacial score (nSPS) is 17.1. The molecule has 0 fully saturated rings. The molecular weight excluding hydrogens is 436 g/mol. The predicted octanol–water partition coefficient (Wildman–Crippen LogP) is 8.59. The molecule has 0 aromatic rings. The molecule has 194 valence electrons. The molecule has 0 radical (unpaired) electrons. The highest BCUT2D eigenvalue weighted by Crippen LogP contribution is 2.44. The lowest BCUT2D eigenvalue weighted by Crippen LogP contribution is -2.40. The average Bonchev–Trinajstić information content (AvgIpc) is 2.77. The Morgan fingerprint density at radius 2 is 1.34 bits per heavy atom. The highest BCUT2D eigenvalue weighted by molar-refractivity contribution is 6.24. The number of carbonyl (C=O) groups is 2. The third-order valence-electron chi connectivity index (χ3n) is 6.77. The molecule has 0 bridgehead atoms. The van der Waals surface area contributed by atoms with E-state index in [4.69, 9.17) is 0 Å². The summed E-state index contributed by atoms with van der Waals surface area (Å²) in [6, 6.07) is 0. The number of ketones is 2. The van der Waals surface area contributed by atoms with E-state index in [1.54, 1.807) is 6.92 Å². The molecule has 0 aromatic heterocycles. The first kappa shape index (κ1) is 30.4. The van der Waals surface area contributed by atoms with Crippen LogP contribution in [0, 0.1) is 11.3 Å². The Bertz CT molecular complexity index is 918. The number of Topliss-reactive ketones (excluding diaryl/α,β-unsaturated/α-hetero) is 2. The quantitative estimate of drug-likeness (QED) is 0.204. The summed E-state index contributed by atoms with van der Waals surface area (Å²) < 4.78 is 0. The van der Waals surface area contributed by atoms with Crippen molar-refractivity contribution in [2.75, 3.05) is 0 Å². The van der Waals surface area contributed by atoms with Crippen LogP contribution in [0.2, 0.25) is 0 Å². The zero-order valence-corrected chi connectivity index (χ0v) is 23.1. The summed E-state index contributed by atoms with van der Waals surface area (Å²) in [7, 11) is 0. The minimum Gasteiger partial charge on any atom is -0.511 e. The average molecular weight is 483 g/mol. The van der Waals surface area contributed by atoms with E-state index in [9.17, 15) is 19.8 Å². The van der Waals surface area contributed by atoms with Gasteiger partial charge in [0.05, 0.1) is 5.41 Å². The molecule has 0 spiro atoms. The molecule has 35 heavy (non-hydrogen) atoms. The molecule has 1 aliphatic carbocycles. The van der Waals surface area contributed by atoms with Crippen molar-refractivity contribution in [2.24, 2.45) is 11.3 Å². The molecule has 2 N–H and O–H groups in total. The minimum absolute atomic E-state index is 0.177. The molecule has 0 heterocycles. The van der Waals surface area contributed by atoms with Gasteiger partial charge < -0.3 is 10.2 Å². The van der Waals surface area contributed by atoms with Crippen molar-refractivity contribution >= 4 is 11.6 Å². The first-order chi connectivity index (χ1) is 16.3. The molecule has 1 rings (SSSR count). The number of aliphatic hydroxyl groups excluding tert-OH is 2. The Morgan fingerprint density at radius 3 is 1.74 bits per heavy atom. The van der Waals surface area contributed by atoms with Crippen LogP contribution in [-0.2, 0) is 9.59 Å². The number of carbonyl (C=O) groups excluding carboxylic acids is 2. The zero-order valence-electron chi connectivity index (χ0n) is 23.1. The highest BCUT2D eigenvalue weighted by Gasteiger charge is 2.48. The van der Waals surface area contributed by atoms with Gasteiger partial charge in [-0.1, -0.05) is 60.4 Å². The van der Waals surface area contributed by atoms with E-state index in [1.165, 1.54) is 17.2 Å². The Morgan fingerprint density at radius 1 is 0.886 bits per heavy atom. The van der Waals surface area contributed by atoms with Crippen LogP contribution in [0.25, 0.3) is 0 Å². The second-order valence-electron chi connectivity index (χ2n) is 10.5. The third-order valence-corrected chi connectivity index (χ3v) is 6.77. The molecule has 0 saturated heterocycles. The van der Waals surface area contributed by atoms with Crippen molar-refractivity contribution in [1.29, 1.82) is 0 Å². The SMILES string of the molecule is CCC(C)C(=O)C1=C(O)C=C(O)C(C/C=C(\C)CCC=C(C)C)(C/C=C(\C)CCC=C(C)C)C1=O. The Balaban J connectivity index is 3.39. The van der Waals surface area contributed by atoms with E-state index >= 15 is 0 Å². The van der Waals surface area contributed by atoms with Crippen LogP contribution < -0.4 is 0 Å². The minimum atomic E-state index is -1.29. The molecule has 4 nitrogen and oxygen atoms in total. The van der Waals surface area contributed by atoms with Crippen LogP contribution in [0.4, 0.5) is 0 Å². The van der Waals surface area contributed by atoms with Crippen LogP contribution in [0.5, 0.6) is 0 Å². The predicted molar refractivity (Wildman–Crippen MR) is 146 cm³/mol. The topological polar surface area (TPSA) is 74.6 Å². The van der Waals surface area contributed by atoms with Crippen LogP contribution >= 0.6 is 0 Å². The van der Waals surface area contributed by atoms with Crippen molar-refractivity contribution in [3.8, 4) is 0 Å². The summed E-state index contributed by atoms with van der Waals surface area (Å²) in [6.45, 7) is 16.0. The van der Waals surface area contributed by atoms with Gasteiger partial charge >= 0.3 is 0 Å². The van der Waals surface area contributed by atoms with E-state index in [-0.39, 0.29) is 35.9 Å². The second-order valence-corrected chi connectivity index (χ2v) is 10.5. The van der Waals surface area contributed by atoms with Gasteiger partial charge in [-0.25, -0.2) is 0 Å². The van der Waals surface area contributed by atoms with Gasteiger partial charge in [0.25, 0.3) is 0 Å². The number of hydrogen-bond donors (Lipinski definition) is 2. The van der Waals surface area contributed by atoms with Crippen LogP contribution in [0.1, 0.15) is 100 Å². The zero-order chi connectivity index (χ0) is 26.8. The first-order valence-electron chi connectivity index (χ1n) is 12.9. The van der Waals surface area contributed by atoms with Gasteiger partial charge in [-0.15, -0.1) is 0 Å². The number of rotatable bonds is 13. The largest absolute Gasteiger partial charge is 0.511 e. The fourth-order valence-corrected chi connectivity index (χ4v) is 4.04. The fraction of sp³-hybridized carbons (Fsp3) is 0.548. The van der Waals surface area contributed by atoms with E-state index < -0.39 is 17.0 Å². The van der Waals surface area contributed by atoms with Gasteiger partial charge in [0.15, 0.2) is 11.6 Å². The van der Waals surface area contributed by atoms with Crippen molar-refractivity contribution in [1.82, 2.24) is 0 Å². The van der Waals surface area contributed by atoms with E-state index in [1.807, 2.05) is 32.9 Å². The van der Waals surface area contributed by atoms with E-state index in [2.05, 4.69) is 39.8 Å². The lowest BCUT2D eigenvalue weighted by atomic mass is 9.68. The molecule has 0 saturated carbocycles. The molecule has 0 aromatic carbocycles. The Hall–Kier alpha value is -2.62. The van der Waals surface area contributed by atoms with Gasteiger partial charge in [0.2, 0.25) is 0 Å². The van der Waals surface area contributed by atoms with Gasteiger partial charge in [-0.3, -0.25) is 9.59 Å². The standard InChI is InChI=1S/C31H46O4/c1-9-25(8)29(34)28-26(32)20-27(33)31(30(28)35,18-16-23(6)14-10-12-21(2)3)19-17-24(7)15-11-13-22(4)5/h12-13,16-17,20,25,32-33H,9-11,14-15,18-19H2,1-8H3/b23-16+,24-17+. The summed E-state index contributed by atoms with van der Waals surface area (Å²) in [5.41, 5.74) is 3.31. The van der Waals surface area contributed by atoms with Gasteiger partial charge in [-0.2, -0.15) is 0 Å². The van der Waals surface area contributed by atoms with Gasteiger partial charge in [-0.05, 0) is 86.5 Å². The molecule has 4 heteroatoms. The van der Waals surface area contributed by atoms with E-state index in [0.29, 0.717) is 6.42 Å². The maximum absolute atomic E-state index is 13.8. The van der Waals surface area contributed by atoms with Gasteiger partial charge in [0.1, 0.15) is 17.1 Å². The molecule has 1 atom stereocenters. The number of hydrogen-bond acceptors (Lipinski definition) is 4. The molecule has 0 aliphatic heterocycles. The van der Waals surface area contributed by atoms with E-state index in [0.717, 1.165) is 36.8 Å². The summed E-state index contributed by atoms with van der Waals surface area (Å²) in [4.78, 5) is 26.9. The summed E-state index contributed by atoms with van der Waals surface area (Å²) in [5, 5.41) is 21.5. The van der Waals surface area contributed by atoms with Crippen molar-refractivity contribution in [3.05, 3.63) is 69.8 Å². The van der Waals surface area contributed by atoms with Crippen LogP contribution in [0.15, 0.2) is 69.8 Å². The van der Waals surface area contributed by atoms with Crippen molar-refractivity contribution < 1.29 is 19.8 Å². The Labute approximate surface area is 212 Å². The maximum atomic E-state index is 13.8. The monoisotopic (exact) mass is 482 g/mol. The summed E-state index contributed by atoms with van der Waals surface area (Å²) >= 11 is 0. The van der Waals surface area contributed by atoms with Crippen molar-refractivity contribution in [2.45, 2.75) is 100 Å². The maximum Gasteiger partial charge on any atom is 0.184 e.